The highest BCUT2D eigenvalue weighted by Crippen LogP contribution is 2.25. The monoisotopic (exact) mass is 368 g/mol. The van der Waals surface area contributed by atoms with Crippen LogP contribution in [0.4, 0.5) is 17.1 Å². The summed E-state index contributed by atoms with van der Waals surface area (Å²) < 4.78 is 1.14. The van der Waals surface area contributed by atoms with E-state index in [-0.39, 0.29) is 5.56 Å². The van der Waals surface area contributed by atoms with Crippen LogP contribution in [0.2, 0.25) is 0 Å². The van der Waals surface area contributed by atoms with Gasteiger partial charge in [-0.3, -0.25) is 0 Å². The molecule has 0 heterocycles. The minimum Gasteiger partial charge on any atom is -0.478 e. The SMILES string of the molecule is Cc1cc(Nc2ccc(I)cc2)cc(C(=O)O)c1N. The van der Waals surface area contributed by atoms with Crippen LogP contribution in [-0.2, 0) is 0 Å². The Balaban J connectivity index is 2.35. The Morgan fingerprint density at radius 2 is 1.84 bits per heavy atom. The van der Waals surface area contributed by atoms with E-state index < -0.39 is 5.97 Å². The van der Waals surface area contributed by atoms with Gasteiger partial charge in [0.05, 0.1) is 5.56 Å². The van der Waals surface area contributed by atoms with Gasteiger partial charge in [-0.25, -0.2) is 4.79 Å². The Hall–Kier alpha value is -1.76. The summed E-state index contributed by atoms with van der Waals surface area (Å²) in [5.74, 6) is -1.02. The molecule has 2 rings (SSSR count). The van der Waals surface area contributed by atoms with Gasteiger partial charge < -0.3 is 16.2 Å². The first-order valence-electron chi connectivity index (χ1n) is 5.63. The molecule has 0 aliphatic heterocycles. The summed E-state index contributed by atoms with van der Waals surface area (Å²) in [7, 11) is 0. The summed E-state index contributed by atoms with van der Waals surface area (Å²) in [6.45, 7) is 1.79. The minimum absolute atomic E-state index is 0.119. The third-order valence-corrected chi connectivity index (χ3v) is 3.47. The van der Waals surface area contributed by atoms with Crippen molar-refractivity contribution in [1.29, 1.82) is 0 Å². The van der Waals surface area contributed by atoms with Gasteiger partial charge in [-0.1, -0.05) is 0 Å². The lowest BCUT2D eigenvalue weighted by molar-refractivity contribution is 0.0698. The summed E-state index contributed by atoms with van der Waals surface area (Å²) in [6.07, 6.45) is 0. The molecule has 0 aliphatic rings. The lowest BCUT2D eigenvalue weighted by atomic mass is 10.1. The highest BCUT2D eigenvalue weighted by atomic mass is 127. The number of carboxylic acid groups (broad SMARTS) is 1. The number of carbonyl (C=O) groups is 1. The number of anilines is 3. The van der Waals surface area contributed by atoms with E-state index in [9.17, 15) is 4.79 Å². The van der Waals surface area contributed by atoms with Crippen molar-refractivity contribution in [3.8, 4) is 0 Å². The fourth-order valence-electron chi connectivity index (χ4n) is 1.75. The van der Waals surface area contributed by atoms with E-state index in [1.54, 1.807) is 13.0 Å². The maximum absolute atomic E-state index is 11.1. The van der Waals surface area contributed by atoms with Crippen LogP contribution in [-0.4, -0.2) is 11.1 Å². The Morgan fingerprint density at radius 1 is 1.21 bits per heavy atom. The molecule has 4 nitrogen and oxygen atoms in total. The van der Waals surface area contributed by atoms with E-state index in [1.165, 1.54) is 0 Å². The van der Waals surface area contributed by atoms with Crippen LogP contribution in [0.15, 0.2) is 36.4 Å². The zero-order valence-corrected chi connectivity index (χ0v) is 12.4. The number of nitrogens with two attached hydrogens (primary N) is 1. The third-order valence-electron chi connectivity index (χ3n) is 2.75. The average molecular weight is 368 g/mol. The molecule has 2 aromatic carbocycles. The second-order valence-corrected chi connectivity index (χ2v) is 5.44. The number of nitrogen functional groups attached to an aromatic ring is 1. The molecule has 0 radical (unpaired) electrons. The molecule has 0 amide bonds. The molecule has 0 aliphatic carbocycles. The van der Waals surface area contributed by atoms with Crippen LogP contribution in [0.3, 0.4) is 0 Å². The number of hydrogen-bond acceptors (Lipinski definition) is 3. The van der Waals surface area contributed by atoms with E-state index in [2.05, 4.69) is 27.9 Å². The predicted octanol–water partition coefficient (Wildman–Crippen LogP) is 3.62. The number of halogens is 1. The second kappa shape index (κ2) is 5.48. The smallest absolute Gasteiger partial charge is 0.337 e. The molecule has 0 atom stereocenters. The van der Waals surface area contributed by atoms with Gasteiger partial charge in [0.15, 0.2) is 0 Å². The number of hydrogen-bond donors (Lipinski definition) is 3. The molecule has 2 aromatic rings. The van der Waals surface area contributed by atoms with E-state index in [1.807, 2.05) is 30.3 Å². The quantitative estimate of drug-likeness (QED) is 0.572. The average Bonchev–Trinajstić information content (AvgIpc) is 2.36. The number of carboxylic acids is 1. The molecule has 19 heavy (non-hydrogen) atoms. The van der Waals surface area contributed by atoms with Crippen LogP contribution in [0.1, 0.15) is 15.9 Å². The molecule has 0 spiro atoms. The van der Waals surface area contributed by atoms with E-state index in [0.29, 0.717) is 11.4 Å². The molecule has 0 unspecified atom stereocenters. The largest absolute Gasteiger partial charge is 0.478 e. The van der Waals surface area contributed by atoms with E-state index >= 15 is 0 Å². The van der Waals surface area contributed by atoms with Gasteiger partial charge in [0.25, 0.3) is 0 Å². The molecule has 0 aromatic heterocycles. The van der Waals surface area contributed by atoms with Crippen LogP contribution in [0, 0.1) is 10.5 Å². The molecule has 0 bridgehead atoms. The maximum atomic E-state index is 11.1. The van der Waals surface area contributed by atoms with Crippen molar-refractivity contribution in [3.05, 3.63) is 51.1 Å². The fourth-order valence-corrected chi connectivity index (χ4v) is 2.11. The van der Waals surface area contributed by atoms with Gasteiger partial charge in [-0.15, -0.1) is 0 Å². The topological polar surface area (TPSA) is 75.3 Å². The highest BCUT2D eigenvalue weighted by Gasteiger charge is 2.11. The predicted molar refractivity (Wildman–Crippen MR) is 85.0 cm³/mol. The summed E-state index contributed by atoms with van der Waals surface area (Å²) in [5, 5.41) is 12.3. The van der Waals surface area contributed by atoms with Crippen LogP contribution in [0.25, 0.3) is 0 Å². The Bertz CT molecular complexity index is 624. The number of nitrogens with one attached hydrogen (secondary N) is 1. The number of aromatic carboxylic acids is 1. The molecule has 5 heteroatoms. The molecule has 4 N–H and O–H groups in total. The van der Waals surface area contributed by atoms with Gasteiger partial charge in [-0.05, 0) is 71.5 Å². The maximum Gasteiger partial charge on any atom is 0.337 e. The van der Waals surface area contributed by atoms with Crippen molar-refractivity contribution in [2.75, 3.05) is 11.1 Å². The zero-order chi connectivity index (χ0) is 14.0. The second-order valence-electron chi connectivity index (χ2n) is 4.19. The molecule has 0 fully saturated rings. The third kappa shape index (κ3) is 3.17. The summed E-state index contributed by atoms with van der Waals surface area (Å²) >= 11 is 2.23. The molecular formula is C14H13IN2O2. The summed E-state index contributed by atoms with van der Waals surface area (Å²) in [5.41, 5.74) is 8.54. The fraction of sp³-hybridized carbons (Fsp3) is 0.0714. The van der Waals surface area contributed by atoms with E-state index in [4.69, 9.17) is 10.8 Å². The Kier molecular flexibility index (Phi) is 3.94. The van der Waals surface area contributed by atoms with Gasteiger partial charge in [0.1, 0.15) is 0 Å². The molecule has 0 saturated carbocycles. The normalized spacial score (nSPS) is 10.2. The van der Waals surface area contributed by atoms with Crippen molar-refractivity contribution in [2.24, 2.45) is 0 Å². The van der Waals surface area contributed by atoms with Crippen LogP contribution in [0.5, 0.6) is 0 Å². The molecule has 98 valence electrons. The van der Waals surface area contributed by atoms with Crippen LogP contribution < -0.4 is 11.1 Å². The standard InChI is InChI=1S/C14H13IN2O2/c1-8-6-11(7-12(13(8)16)14(18)19)17-10-4-2-9(15)3-5-10/h2-7,17H,16H2,1H3,(H,18,19). The van der Waals surface area contributed by atoms with Crippen molar-refractivity contribution in [1.82, 2.24) is 0 Å². The molecule has 0 saturated heterocycles. The van der Waals surface area contributed by atoms with Crippen molar-refractivity contribution in [2.45, 2.75) is 6.92 Å². The Morgan fingerprint density at radius 3 is 2.42 bits per heavy atom. The van der Waals surface area contributed by atoms with Gasteiger partial charge in [0, 0.05) is 20.6 Å². The lowest BCUT2D eigenvalue weighted by Gasteiger charge is -2.11. The number of benzene rings is 2. The van der Waals surface area contributed by atoms with E-state index in [0.717, 1.165) is 14.8 Å². The van der Waals surface area contributed by atoms with Crippen molar-refractivity contribution < 1.29 is 9.90 Å². The summed E-state index contributed by atoms with van der Waals surface area (Å²) in [4.78, 5) is 11.1. The minimum atomic E-state index is -1.02. The lowest BCUT2D eigenvalue weighted by Crippen LogP contribution is -2.05. The van der Waals surface area contributed by atoms with Gasteiger partial charge in [0.2, 0.25) is 0 Å². The van der Waals surface area contributed by atoms with Crippen molar-refractivity contribution in [3.63, 3.8) is 0 Å². The first-order valence-corrected chi connectivity index (χ1v) is 6.71. The number of rotatable bonds is 3. The van der Waals surface area contributed by atoms with Gasteiger partial charge in [-0.2, -0.15) is 0 Å². The highest BCUT2D eigenvalue weighted by molar-refractivity contribution is 14.1. The first kappa shape index (κ1) is 13.7. The number of aryl methyl sites for hydroxylation is 1. The zero-order valence-electron chi connectivity index (χ0n) is 10.3. The summed E-state index contributed by atoms with van der Waals surface area (Å²) in [6, 6.07) is 11.2. The van der Waals surface area contributed by atoms with Crippen LogP contribution >= 0.6 is 22.6 Å². The Labute approximate surface area is 124 Å². The molecular weight excluding hydrogens is 355 g/mol. The van der Waals surface area contributed by atoms with Gasteiger partial charge >= 0.3 is 5.97 Å². The first-order chi connectivity index (χ1) is 8.97. The van der Waals surface area contributed by atoms with Crippen molar-refractivity contribution >= 4 is 45.6 Å².